The quantitative estimate of drug-likeness (QED) is 0.433. The van der Waals surface area contributed by atoms with Gasteiger partial charge < -0.3 is 13.6 Å². The minimum Gasteiger partial charge on any atom is -0.457 e. The number of carbonyl (C=O) groups excluding carboxylic acids is 1. The molecular weight excluding hydrogens is 224 g/mol. The number of ether oxygens (including phenoxy) is 1. The number of hydrogen-bond donors (Lipinski definition) is 0. The van der Waals surface area contributed by atoms with Crippen molar-refractivity contribution in [2.24, 2.45) is 0 Å². The van der Waals surface area contributed by atoms with Crippen molar-refractivity contribution >= 4 is 14.5 Å². The van der Waals surface area contributed by atoms with Gasteiger partial charge in [0.05, 0.1) is 0 Å². The van der Waals surface area contributed by atoms with Gasteiger partial charge >= 0.3 is 14.5 Å². The van der Waals surface area contributed by atoms with E-state index in [1.165, 1.54) is 0 Å². The van der Waals surface area contributed by atoms with Crippen LogP contribution in [0.2, 0.25) is 6.55 Å². The van der Waals surface area contributed by atoms with Crippen LogP contribution in [0.4, 0.5) is 0 Å². The molecule has 0 saturated heterocycles. The molecule has 0 radical (unpaired) electrons. The Morgan fingerprint density at radius 3 is 1.94 bits per heavy atom. The maximum absolute atomic E-state index is 11.7. The molecular formula is C11H22O4Si. The maximum Gasteiger partial charge on any atom is 0.361 e. The summed E-state index contributed by atoms with van der Waals surface area (Å²) in [6.45, 7) is 9.07. The molecule has 5 heteroatoms. The van der Waals surface area contributed by atoms with Crippen LogP contribution in [0.3, 0.4) is 0 Å². The highest BCUT2D eigenvalue weighted by molar-refractivity contribution is 6.71. The summed E-state index contributed by atoms with van der Waals surface area (Å²) in [6, 6.07) is 0. The second kappa shape index (κ2) is 5.61. The summed E-state index contributed by atoms with van der Waals surface area (Å²) >= 11 is 0. The molecule has 0 fully saturated rings. The smallest absolute Gasteiger partial charge is 0.361 e. The molecule has 0 aromatic carbocycles. The van der Waals surface area contributed by atoms with Gasteiger partial charge in [0.15, 0.2) is 0 Å². The summed E-state index contributed by atoms with van der Waals surface area (Å²) in [7, 11) is 0.795. The maximum atomic E-state index is 11.7. The van der Waals surface area contributed by atoms with Crippen molar-refractivity contribution < 1.29 is 18.4 Å². The third-order valence-electron chi connectivity index (χ3n) is 2.01. The fraction of sp³-hybridized carbons (Fsp3) is 0.727. The first-order valence-corrected chi connectivity index (χ1v) is 7.56. The fourth-order valence-electron chi connectivity index (χ4n) is 1.01. The number of rotatable bonds is 4. The van der Waals surface area contributed by atoms with Gasteiger partial charge in [-0.15, -0.1) is 0 Å². The standard InChI is InChI=1S/C11H22O4Si/c1-9(8-16(7,13-5)14-6)10(12)15-11(2,3)4/h8H,1-7H3. The molecule has 0 aliphatic carbocycles. The molecule has 94 valence electrons. The van der Waals surface area contributed by atoms with Crippen LogP contribution in [0.5, 0.6) is 0 Å². The van der Waals surface area contributed by atoms with Gasteiger partial charge in [0.1, 0.15) is 5.60 Å². The normalized spacial score (nSPS) is 13.8. The molecule has 0 amide bonds. The van der Waals surface area contributed by atoms with Crippen LogP contribution >= 0.6 is 0 Å². The summed E-state index contributed by atoms with van der Waals surface area (Å²) in [5.74, 6) is -0.333. The van der Waals surface area contributed by atoms with E-state index in [2.05, 4.69) is 0 Å². The molecule has 0 aromatic rings. The second-order valence-corrected chi connectivity index (χ2v) is 7.89. The summed E-state index contributed by atoms with van der Waals surface area (Å²) in [6.07, 6.45) is 0. The molecule has 0 saturated carbocycles. The largest absolute Gasteiger partial charge is 0.457 e. The van der Waals surface area contributed by atoms with Crippen molar-refractivity contribution in [2.75, 3.05) is 14.2 Å². The zero-order valence-corrected chi connectivity index (χ0v) is 12.2. The van der Waals surface area contributed by atoms with Crippen LogP contribution in [0.25, 0.3) is 0 Å². The average molecular weight is 246 g/mol. The second-order valence-electron chi connectivity index (χ2n) is 4.75. The zero-order chi connectivity index (χ0) is 13.0. The van der Waals surface area contributed by atoms with E-state index in [1.807, 2.05) is 27.3 Å². The van der Waals surface area contributed by atoms with Crippen molar-refractivity contribution in [3.05, 3.63) is 11.3 Å². The highest BCUT2D eigenvalue weighted by Crippen LogP contribution is 2.14. The van der Waals surface area contributed by atoms with Gasteiger partial charge in [-0.1, -0.05) is 0 Å². The minimum absolute atomic E-state index is 0.333. The third kappa shape index (κ3) is 5.44. The Hall–Kier alpha value is -0.653. The van der Waals surface area contributed by atoms with Crippen molar-refractivity contribution in [1.29, 1.82) is 0 Å². The molecule has 0 aliphatic heterocycles. The lowest BCUT2D eigenvalue weighted by Gasteiger charge is -2.22. The van der Waals surface area contributed by atoms with Gasteiger partial charge in [0, 0.05) is 19.8 Å². The summed E-state index contributed by atoms with van der Waals surface area (Å²) in [5, 5.41) is 0. The Kier molecular flexibility index (Phi) is 5.38. The molecule has 4 nitrogen and oxygen atoms in total. The SMILES string of the molecule is CO[Si](C)(C=C(C)C(=O)OC(C)(C)C)OC. The van der Waals surface area contributed by atoms with Gasteiger partial charge in [0.25, 0.3) is 0 Å². The molecule has 0 unspecified atom stereocenters. The van der Waals surface area contributed by atoms with Crippen molar-refractivity contribution in [2.45, 2.75) is 39.8 Å². The number of hydrogen-bond acceptors (Lipinski definition) is 4. The van der Waals surface area contributed by atoms with Crippen LogP contribution in [0, 0.1) is 0 Å². The van der Waals surface area contributed by atoms with Crippen molar-refractivity contribution in [3.63, 3.8) is 0 Å². The van der Waals surface area contributed by atoms with E-state index in [1.54, 1.807) is 26.8 Å². The van der Waals surface area contributed by atoms with Crippen LogP contribution in [0.1, 0.15) is 27.7 Å². The van der Waals surface area contributed by atoms with Gasteiger partial charge in [-0.05, 0) is 39.9 Å². The first-order valence-electron chi connectivity index (χ1n) is 5.16. The molecule has 0 bridgehead atoms. The predicted octanol–water partition coefficient (Wildman–Crippen LogP) is 2.18. The van der Waals surface area contributed by atoms with Crippen LogP contribution < -0.4 is 0 Å². The molecule has 16 heavy (non-hydrogen) atoms. The summed E-state index contributed by atoms with van der Waals surface area (Å²) in [4.78, 5) is 11.7. The monoisotopic (exact) mass is 246 g/mol. The number of esters is 1. The Morgan fingerprint density at radius 2 is 1.62 bits per heavy atom. The molecule has 0 N–H and O–H groups in total. The lowest BCUT2D eigenvalue weighted by atomic mass is 10.2. The molecule has 0 rings (SSSR count). The van der Waals surface area contributed by atoms with Crippen molar-refractivity contribution in [3.8, 4) is 0 Å². The Labute approximate surface area is 98.8 Å². The lowest BCUT2D eigenvalue weighted by molar-refractivity contribution is -0.149. The highest BCUT2D eigenvalue weighted by Gasteiger charge is 2.28. The van der Waals surface area contributed by atoms with Crippen LogP contribution in [0.15, 0.2) is 11.3 Å². The van der Waals surface area contributed by atoms with Gasteiger partial charge in [-0.2, -0.15) is 0 Å². The fourth-order valence-corrected chi connectivity index (χ4v) is 2.32. The average Bonchev–Trinajstić information content (AvgIpc) is 2.15. The lowest BCUT2D eigenvalue weighted by Crippen LogP contribution is -2.35. The summed E-state index contributed by atoms with van der Waals surface area (Å²) in [5.41, 5.74) is 1.78. The first-order chi connectivity index (χ1) is 7.13. The summed E-state index contributed by atoms with van der Waals surface area (Å²) < 4.78 is 15.8. The van der Waals surface area contributed by atoms with E-state index in [0.29, 0.717) is 5.57 Å². The predicted molar refractivity (Wildman–Crippen MR) is 65.2 cm³/mol. The number of carbonyl (C=O) groups is 1. The molecule has 0 aliphatic rings. The topological polar surface area (TPSA) is 44.8 Å². The van der Waals surface area contributed by atoms with Crippen LogP contribution in [-0.4, -0.2) is 34.4 Å². The highest BCUT2D eigenvalue weighted by atomic mass is 28.4. The zero-order valence-electron chi connectivity index (χ0n) is 11.2. The van der Waals surface area contributed by atoms with E-state index in [0.717, 1.165) is 0 Å². The van der Waals surface area contributed by atoms with Crippen LogP contribution in [-0.2, 0) is 18.4 Å². The first kappa shape index (κ1) is 15.3. The van der Waals surface area contributed by atoms with Gasteiger partial charge in [-0.3, -0.25) is 0 Å². The molecule has 0 aromatic heterocycles. The van der Waals surface area contributed by atoms with Gasteiger partial charge in [-0.25, -0.2) is 4.79 Å². The van der Waals surface area contributed by atoms with E-state index in [9.17, 15) is 4.79 Å². The van der Waals surface area contributed by atoms with E-state index < -0.39 is 14.2 Å². The van der Waals surface area contributed by atoms with Crippen molar-refractivity contribution in [1.82, 2.24) is 0 Å². The molecule has 0 atom stereocenters. The Morgan fingerprint density at radius 1 is 1.19 bits per heavy atom. The van der Waals surface area contributed by atoms with Gasteiger partial charge in [0.2, 0.25) is 0 Å². The van der Waals surface area contributed by atoms with E-state index in [-0.39, 0.29) is 5.97 Å². The minimum atomic E-state index is -2.36. The Balaban J connectivity index is 4.72. The third-order valence-corrected chi connectivity index (χ3v) is 4.59. The van der Waals surface area contributed by atoms with E-state index >= 15 is 0 Å². The Bertz CT molecular complexity index is 274. The van der Waals surface area contributed by atoms with E-state index in [4.69, 9.17) is 13.6 Å². The molecule has 0 spiro atoms. The molecule has 0 heterocycles.